The molecule has 0 radical (unpaired) electrons. The molecule has 2 rings (SSSR count). The van der Waals surface area contributed by atoms with Crippen LogP contribution >= 0.6 is 0 Å². The van der Waals surface area contributed by atoms with E-state index in [2.05, 4.69) is 31.8 Å². The maximum Gasteiger partial charge on any atom is 1.00 e. The first-order valence-corrected chi connectivity index (χ1v) is 9.36. The number of hydrogen-bond acceptors (Lipinski definition) is 2. The predicted molar refractivity (Wildman–Crippen MR) is 76.3 cm³/mol. The molecule has 0 saturated carbocycles. The van der Waals surface area contributed by atoms with Crippen LogP contribution in [0.5, 0.6) is 0 Å². The fraction of sp³-hybridized carbons (Fsp3) is 0.200. The number of hydrogen-bond donors (Lipinski definition) is 0. The van der Waals surface area contributed by atoms with E-state index in [0.29, 0.717) is 6.10 Å². The van der Waals surface area contributed by atoms with E-state index in [1.807, 2.05) is 36.4 Å². The SMILES string of the molecule is C[Si](C)(C)O[C-](C#N)c1ccc2ccccc2c1.[Li+]. The number of nitrogens with zero attached hydrogens (tertiary/aromatic N) is 1. The summed E-state index contributed by atoms with van der Waals surface area (Å²) in [6.07, 6.45) is 0.430. The van der Waals surface area contributed by atoms with E-state index >= 15 is 0 Å². The van der Waals surface area contributed by atoms with Crippen molar-refractivity contribution in [3.63, 3.8) is 0 Å². The molecule has 0 aliphatic carbocycles. The third-order valence-corrected chi connectivity index (χ3v) is 3.34. The molecule has 0 aliphatic heterocycles. The molecule has 0 aliphatic rings. The van der Waals surface area contributed by atoms with Crippen LogP contribution in [0.4, 0.5) is 0 Å². The van der Waals surface area contributed by atoms with Gasteiger partial charge in [-0.25, -0.2) is 5.26 Å². The van der Waals surface area contributed by atoms with Crippen LogP contribution in [0.15, 0.2) is 42.5 Å². The monoisotopic (exact) mass is 261 g/mol. The minimum Gasteiger partial charge on any atom is -0.436 e. The van der Waals surface area contributed by atoms with Crippen molar-refractivity contribution < 1.29 is 23.3 Å². The van der Waals surface area contributed by atoms with Gasteiger partial charge in [0.2, 0.25) is 0 Å². The zero-order valence-electron chi connectivity index (χ0n) is 11.9. The second-order valence-corrected chi connectivity index (χ2v) is 9.65. The molecule has 92 valence electrons. The fourth-order valence-corrected chi connectivity index (χ4v) is 2.56. The van der Waals surface area contributed by atoms with Gasteiger partial charge in [0.05, 0.1) is 6.07 Å². The Morgan fingerprint density at radius 1 is 1.05 bits per heavy atom. The zero-order chi connectivity index (χ0) is 13.2. The van der Waals surface area contributed by atoms with Crippen LogP contribution in [0.25, 0.3) is 10.8 Å². The van der Waals surface area contributed by atoms with Crippen molar-refractivity contribution in [2.24, 2.45) is 0 Å². The molecule has 0 saturated heterocycles. The smallest absolute Gasteiger partial charge is 0.436 e. The van der Waals surface area contributed by atoms with E-state index in [1.165, 1.54) is 5.39 Å². The Morgan fingerprint density at radius 2 is 1.68 bits per heavy atom. The van der Waals surface area contributed by atoms with Crippen LogP contribution in [0.1, 0.15) is 5.56 Å². The molecule has 4 heteroatoms. The summed E-state index contributed by atoms with van der Waals surface area (Å²) in [6, 6.07) is 16.3. The van der Waals surface area contributed by atoms with E-state index in [-0.39, 0.29) is 18.9 Å². The molecule has 0 fully saturated rings. The maximum atomic E-state index is 9.23. The summed E-state index contributed by atoms with van der Waals surface area (Å²) in [5.41, 5.74) is 0.860. The Labute approximate surface area is 127 Å². The Morgan fingerprint density at radius 3 is 2.26 bits per heavy atom. The summed E-state index contributed by atoms with van der Waals surface area (Å²) in [7, 11) is -1.75. The van der Waals surface area contributed by atoms with Crippen molar-refractivity contribution >= 4 is 19.1 Å². The van der Waals surface area contributed by atoms with Crippen molar-refractivity contribution in [3.05, 3.63) is 54.1 Å². The first-order chi connectivity index (χ1) is 8.49. The number of nitriles is 1. The van der Waals surface area contributed by atoms with Crippen molar-refractivity contribution in [2.75, 3.05) is 0 Å². The van der Waals surface area contributed by atoms with Crippen molar-refractivity contribution in [1.82, 2.24) is 0 Å². The molecular formula is C15H16LiNOSi. The number of rotatable bonds is 3. The van der Waals surface area contributed by atoms with Crippen molar-refractivity contribution in [2.45, 2.75) is 19.6 Å². The van der Waals surface area contributed by atoms with Gasteiger partial charge in [-0.3, -0.25) is 0 Å². The average molecular weight is 261 g/mol. The van der Waals surface area contributed by atoms with Gasteiger partial charge in [-0.15, -0.1) is 11.6 Å². The van der Waals surface area contributed by atoms with Gasteiger partial charge in [-0.05, 0) is 25.0 Å². The molecular weight excluding hydrogens is 245 g/mol. The Hall–Kier alpha value is -1.17. The molecule has 0 bridgehead atoms. The minimum atomic E-state index is -1.75. The molecule has 2 aromatic carbocycles. The van der Waals surface area contributed by atoms with Gasteiger partial charge < -0.3 is 4.43 Å². The normalized spacial score (nSPS) is 10.6. The van der Waals surface area contributed by atoms with Crippen LogP contribution in [-0.4, -0.2) is 8.32 Å². The second-order valence-electron chi connectivity index (χ2n) is 5.22. The standard InChI is InChI=1S/C15H16NOSi.Li/c1-18(2,3)17-15(11-16)14-9-8-12-6-4-5-7-13(12)10-14;/h4-10H,1-3H3;/q-1;+1. The summed E-state index contributed by atoms with van der Waals surface area (Å²) in [5, 5.41) is 11.5. The molecule has 2 aromatic rings. The number of fused-ring (bicyclic) bond motifs is 1. The average Bonchev–Trinajstić information content (AvgIpc) is 2.34. The third kappa shape index (κ3) is 4.16. The van der Waals surface area contributed by atoms with Gasteiger partial charge >= 0.3 is 18.9 Å². The van der Waals surface area contributed by atoms with Gasteiger partial charge in [-0.2, -0.15) is 12.1 Å². The molecule has 0 spiro atoms. The number of benzene rings is 2. The Bertz CT molecular complexity index is 601. The molecule has 0 heterocycles. The molecule has 0 atom stereocenters. The Balaban J connectivity index is 0.00000180. The second kappa shape index (κ2) is 6.32. The molecule has 0 N–H and O–H groups in total. The van der Waals surface area contributed by atoms with E-state index in [9.17, 15) is 5.26 Å². The molecule has 0 amide bonds. The summed E-state index contributed by atoms with van der Waals surface area (Å²) in [4.78, 5) is 0. The summed E-state index contributed by atoms with van der Waals surface area (Å²) >= 11 is 0. The first-order valence-electron chi connectivity index (χ1n) is 5.95. The molecule has 0 unspecified atom stereocenters. The van der Waals surface area contributed by atoms with E-state index in [4.69, 9.17) is 4.43 Å². The Kier molecular flexibility index (Phi) is 5.29. The fourth-order valence-electron chi connectivity index (χ4n) is 1.78. The molecule has 2 nitrogen and oxygen atoms in total. The largest absolute Gasteiger partial charge is 1.00 e. The van der Waals surface area contributed by atoms with Gasteiger partial charge in [0.1, 0.15) is 0 Å². The van der Waals surface area contributed by atoms with Crippen molar-refractivity contribution in [1.29, 1.82) is 5.26 Å². The molecule has 19 heavy (non-hydrogen) atoms. The summed E-state index contributed by atoms with van der Waals surface area (Å²) in [5.74, 6) is 0. The summed E-state index contributed by atoms with van der Waals surface area (Å²) < 4.78 is 5.82. The third-order valence-electron chi connectivity index (χ3n) is 2.52. The van der Waals surface area contributed by atoms with Crippen LogP contribution in [-0.2, 0) is 4.43 Å². The quantitative estimate of drug-likeness (QED) is 0.612. The van der Waals surface area contributed by atoms with Crippen molar-refractivity contribution in [3.8, 4) is 6.07 Å². The van der Waals surface area contributed by atoms with Gasteiger partial charge in [-0.1, -0.05) is 29.7 Å². The first kappa shape index (κ1) is 15.9. The maximum absolute atomic E-state index is 9.23. The van der Waals surface area contributed by atoms with Gasteiger partial charge in [0.15, 0.2) is 8.32 Å². The molecule has 0 aromatic heterocycles. The van der Waals surface area contributed by atoms with Crippen LogP contribution in [0, 0.1) is 17.4 Å². The van der Waals surface area contributed by atoms with Crippen LogP contribution in [0.2, 0.25) is 19.6 Å². The van der Waals surface area contributed by atoms with Crippen LogP contribution in [0.3, 0.4) is 0 Å². The topological polar surface area (TPSA) is 33.0 Å². The van der Waals surface area contributed by atoms with Crippen LogP contribution < -0.4 is 18.9 Å². The van der Waals surface area contributed by atoms with E-state index < -0.39 is 8.32 Å². The summed E-state index contributed by atoms with van der Waals surface area (Å²) in [6.45, 7) is 6.22. The zero-order valence-corrected chi connectivity index (χ0v) is 12.9. The van der Waals surface area contributed by atoms with Gasteiger partial charge in [0, 0.05) is 6.10 Å². The minimum absolute atomic E-state index is 0. The van der Waals surface area contributed by atoms with Gasteiger partial charge in [0.25, 0.3) is 0 Å². The predicted octanol–water partition coefficient (Wildman–Crippen LogP) is 1.10. The van der Waals surface area contributed by atoms with E-state index in [0.717, 1.165) is 10.9 Å². The van der Waals surface area contributed by atoms with E-state index in [1.54, 1.807) is 0 Å².